The van der Waals surface area contributed by atoms with Crippen LogP contribution in [0.2, 0.25) is 0 Å². The van der Waals surface area contributed by atoms with Crippen molar-refractivity contribution in [2.45, 2.75) is 30.8 Å². The first-order valence-electron chi connectivity index (χ1n) is 5.49. The summed E-state index contributed by atoms with van der Waals surface area (Å²) in [7, 11) is 0. The fourth-order valence-electron chi connectivity index (χ4n) is 2.00. The van der Waals surface area contributed by atoms with Crippen molar-refractivity contribution >= 4 is 5.82 Å². The fraction of sp³-hybridized carbons (Fsp3) is 0.600. The van der Waals surface area contributed by atoms with Crippen LogP contribution in [0.15, 0.2) is 17.1 Å². The van der Waals surface area contributed by atoms with Gasteiger partial charge in [0.2, 0.25) is 0 Å². The Bertz CT molecular complexity index is 524. The van der Waals surface area contributed by atoms with Crippen molar-refractivity contribution in [3.63, 3.8) is 0 Å². The third-order valence-electron chi connectivity index (χ3n) is 3.03. The predicted octanol–water partition coefficient (Wildman–Crippen LogP) is -0.898. The van der Waals surface area contributed by atoms with Gasteiger partial charge in [-0.2, -0.15) is 4.98 Å². The van der Waals surface area contributed by atoms with Gasteiger partial charge in [-0.3, -0.25) is 4.57 Å². The lowest BCUT2D eigenvalue weighted by Gasteiger charge is -2.25. The number of rotatable bonds is 3. The average molecular weight is 277 g/mol. The number of aromatic nitrogens is 2. The van der Waals surface area contributed by atoms with Gasteiger partial charge in [-0.15, -0.1) is 0 Å². The molecule has 1 aliphatic heterocycles. The van der Waals surface area contributed by atoms with E-state index in [-0.39, 0.29) is 5.82 Å². The van der Waals surface area contributed by atoms with E-state index in [0.29, 0.717) is 0 Å². The first-order chi connectivity index (χ1) is 8.89. The third-order valence-corrected chi connectivity index (χ3v) is 3.03. The lowest BCUT2D eigenvalue weighted by Crippen LogP contribution is -2.41. The highest BCUT2D eigenvalue weighted by Gasteiger charge is 2.52. The van der Waals surface area contributed by atoms with Crippen LogP contribution < -0.4 is 11.4 Å². The van der Waals surface area contributed by atoms with E-state index in [2.05, 4.69) is 4.98 Å². The summed E-state index contributed by atoms with van der Waals surface area (Å²) in [5.41, 5.74) is 2.30. The zero-order valence-electron chi connectivity index (χ0n) is 9.74. The molecule has 0 bridgehead atoms. The molecule has 2 heterocycles. The molecule has 0 aromatic carbocycles. The Morgan fingerprint density at radius 3 is 2.84 bits per heavy atom. The van der Waals surface area contributed by atoms with Crippen molar-refractivity contribution in [1.29, 1.82) is 0 Å². The Labute approximate surface area is 106 Å². The molecule has 1 aromatic heterocycles. The molecule has 0 aliphatic carbocycles. The van der Waals surface area contributed by atoms with Crippen LogP contribution in [0.5, 0.6) is 0 Å². The van der Waals surface area contributed by atoms with Gasteiger partial charge in [0, 0.05) is 12.6 Å². The van der Waals surface area contributed by atoms with Crippen LogP contribution in [0.4, 0.5) is 14.6 Å². The number of nitrogens with two attached hydrogens (primary N) is 1. The van der Waals surface area contributed by atoms with E-state index in [1.54, 1.807) is 0 Å². The van der Waals surface area contributed by atoms with Gasteiger partial charge in [0.05, 0.1) is 6.61 Å². The van der Waals surface area contributed by atoms with E-state index < -0.39 is 43.1 Å². The second-order valence-electron chi connectivity index (χ2n) is 4.35. The van der Waals surface area contributed by atoms with Crippen molar-refractivity contribution in [2.24, 2.45) is 0 Å². The third kappa shape index (κ3) is 2.31. The van der Waals surface area contributed by atoms with E-state index in [0.717, 1.165) is 4.57 Å². The maximum absolute atomic E-state index is 12.9. The van der Waals surface area contributed by atoms with E-state index >= 15 is 0 Å². The number of anilines is 1. The van der Waals surface area contributed by atoms with Gasteiger partial charge < -0.3 is 20.7 Å². The maximum atomic E-state index is 12.9. The number of hydrogen-bond donors (Lipinski definition) is 3. The summed E-state index contributed by atoms with van der Waals surface area (Å²) < 4.78 is 31.7. The van der Waals surface area contributed by atoms with Crippen LogP contribution >= 0.6 is 0 Å². The molecule has 0 unspecified atom stereocenters. The predicted molar refractivity (Wildman–Crippen MR) is 59.5 cm³/mol. The molecular formula is C10H13F2N3O4. The van der Waals surface area contributed by atoms with Gasteiger partial charge >= 0.3 is 5.69 Å². The summed E-state index contributed by atoms with van der Waals surface area (Å²) in [6, 6.07) is 1.28. The lowest BCUT2D eigenvalue weighted by atomic mass is 10.0. The number of nitrogens with zero attached hydrogens (tertiary/aromatic N) is 2. The molecule has 1 fully saturated rings. The van der Waals surface area contributed by atoms with Gasteiger partial charge in [0.1, 0.15) is 11.9 Å². The molecule has 0 saturated carbocycles. The number of halogens is 2. The summed E-state index contributed by atoms with van der Waals surface area (Å²) in [6.45, 7) is -0.963. The van der Waals surface area contributed by atoms with Crippen molar-refractivity contribution < 1.29 is 23.7 Å². The second-order valence-corrected chi connectivity index (χ2v) is 4.35. The summed E-state index contributed by atoms with van der Waals surface area (Å²) in [5, 5.41) is 18.8. The Kier molecular flexibility index (Phi) is 3.52. The van der Waals surface area contributed by atoms with Crippen molar-refractivity contribution in [2.75, 3.05) is 12.3 Å². The minimum Gasteiger partial charge on any atom is -0.393 e. The van der Waals surface area contributed by atoms with E-state index in [4.69, 9.17) is 15.6 Å². The highest BCUT2D eigenvalue weighted by molar-refractivity contribution is 5.23. The van der Waals surface area contributed by atoms with E-state index in [1.165, 1.54) is 12.3 Å². The van der Waals surface area contributed by atoms with Gasteiger partial charge in [-0.25, -0.2) is 13.6 Å². The van der Waals surface area contributed by atoms with Crippen molar-refractivity contribution in [1.82, 2.24) is 9.55 Å². The molecule has 4 N–H and O–H groups in total. The molecule has 3 atom stereocenters. The largest absolute Gasteiger partial charge is 0.393 e. The number of nitrogen functional groups attached to an aromatic ring is 1. The van der Waals surface area contributed by atoms with Gasteiger partial charge in [-0.05, 0) is 6.07 Å². The molecule has 0 spiro atoms. The summed E-state index contributed by atoms with van der Waals surface area (Å²) in [6.07, 6.45) is -4.97. The topological polar surface area (TPSA) is 111 Å². The van der Waals surface area contributed by atoms with Gasteiger partial charge in [-0.1, -0.05) is 0 Å². The molecule has 9 heteroatoms. The monoisotopic (exact) mass is 277 g/mol. The van der Waals surface area contributed by atoms with Crippen LogP contribution in [0, 0.1) is 0 Å². The summed E-state index contributed by atoms with van der Waals surface area (Å²) >= 11 is 0. The molecule has 0 radical (unpaired) electrons. The zero-order chi connectivity index (χ0) is 14.2. The number of aliphatic hydroxyl groups excluding tert-OH is 2. The van der Waals surface area contributed by atoms with Crippen LogP contribution in [-0.2, 0) is 4.74 Å². The lowest BCUT2D eigenvalue weighted by molar-refractivity contribution is -0.173. The van der Waals surface area contributed by atoms with Crippen LogP contribution in [0.25, 0.3) is 0 Å². The minimum absolute atomic E-state index is 0.0315. The first kappa shape index (κ1) is 13.8. The Morgan fingerprint density at radius 1 is 1.68 bits per heavy atom. The normalized spacial score (nSPS) is 31.0. The molecule has 1 aliphatic rings. The minimum atomic E-state index is -2.99. The highest BCUT2D eigenvalue weighted by atomic mass is 19.3. The van der Waals surface area contributed by atoms with Crippen molar-refractivity contribution in [3.05, 3.63) is 22.7 Å². The Balaban J connectivity index is 2.34. The van der Waals surface area contributed by atoms with Crippen LogP contribution in [0.1, 0.15) is 12.6 Å². The maximum Gasteiger partial charge on any atom is 0.351 e. The average Bonchev–Trinajstić information content (AvgIpc) is 2.68. The van der Waals surface area contributed by atoms with Crippen LogP contribution in [0.3, 0.4) is 0 Å². The van der Waals surface area contributed by atoms with E-state index in [9.17, 15) is 18.7 Å². The summed E-state index contributed by atoms with van der Waals surface area (Å²) in [4.78, 5) is 15.0. The quantitative estimate of drug-likeness (QED) is 0.660. The first-order valence-corrected chi connectivity index (χ1v) is 5.49. The fourth-order valence-corrected chi connectivity index (χ4v) is 2.00. The van der Waals surface area contributed by atoms with Gasteiger partial charge in [0.25, 0.3) is 6.43 Å². The molecule has 1 saturated heterocycles. The molecule has 106 valence electrons. The molecule has 19 heavy (non-hydrogen) atoms. The Morgan fingerprint density at radius 2 is 2.37 bits per heavy atom. The van der Waals surface area contributed by atoms with Crippen molar-refractivity contribution in [3.8, 4) is 0 Å². The standard InChI is InChI=1S/C10H13F2N3O4/c11-8(12)10(4-16)3-5(17)7(19-10)15-2-1-6(13)14-9(15)18/h1-2,5,7-8,16-17H,3-4H2,(H2,13,14,18)/t5-,7-,10+/m1/s1. The molecule has 2 rings (SSSR count). The highest BCUT2D eigenvalue weighted by Crippen LogP contribution is 2.39. The number of alkyl halides is 2. The number of hydrogen-bond acceptors (Lipinski definition) is 6. The zero-order valence-corrected chi connectivity index (χ0v) is 9.74. The second kappa shape index (κ2) is 4.83. The molecule has 1 aromatic rings. The SMILES string of the molecule is Nc1ccn([C@@H]2O[C@@](CO)(C(F)F)C[C@H]2O)c(=O)n1. The summed E-state index contributed by atoms with van der Waals surface area (Å²) in [5.74, 6) is -0.0315. The molecule has 7 nitrogen and oxygen atoms in total. The number of ether oxygens (including phenoxy) is 1. The Hall–Kier alpha value is -1.58. The van der Waals surface area contributed by atoms with E-state index in [1.807, 2.05) is 0 Å². The number of aliphatic hydroxyl groups is 2. The molecular weight excluding hydrogens is 264 g/mol. The molecule has 0 amide bonds. The smallest absolute Gasteiger partial charge is 0.351 e. The van der Waals surface area contributed by atoms with Crippen LogP contribution in [-0.4, -0.2) is 44.5 Å². The van der Waals surface area contributed by atoms with Gasteiger partial charge in [0.15, 0.2) is 11.8 Å².